The first-order valence-electron chi connectivity index (χ1n) is 6.25. The number of unbranched alkanes of at least 4 members (excludes halogenated alkanes) is 1. The number of hydrogen-bond donors (Lipinski definition) is 3. The Bertz CT molecular complexity index is 242. The number of hydrogen-bond acceptors (Lipinski definition) is 3. The Morgan fingerprint density at radius 2 is 1.94 bits per heavy atom. The fourth-order valence-corrected chi connectivity index (χ4v) is 1.52. The Hall–Kier alpha value is -1.10. The molecule has 0 spiro atoms. The predicted molar refractivity (Wildman–Crippen MR) is 66.6 cm³/mol. The van der Waals surface area contributed by atoms with Gasteiger partial charge in [-0.3, -0.25) is 4.79 Å². The summed E-state index contributed by atoms with van der Waals surface area (Å²) in [4.78, 5) is 22.4. The van der Waals surface area contributed by atoms with Crippen LogP contribution in [0.5, 0.6) is 0 Å². The number of rotatable bonds is 9. The van der Waals surface area contributed by atoms with Gasteiger partial charge in [-0.25, -0.2) is 4.79 Å². The summed E-state index contributed by atoms with van der Waals surface area (Å²) >= 11 is 0. The minimum Gasteiger partial charge on any atom is -0.480 e. The summed E-state index contributed by atoms with van der Waals surface area (Å²) in [5, 5.41) is 11.5. The van der Waals surface area contributed by atoms with Crippen LogP contribution in [0.15, 0.2) is 0 Å². The van der Waals surface area contributed by atoms with Crippen molar-refractivity contribution < 1.29 is 14.7 Å². The monoisotopic (exact) mass is 244 g/mol. The lowest BCUT2D eigenvalue weighted by Crippen LogP contribution is -2.40. The van der Waals surface area contributed by atoms with Gasteiger partial charge in [-0.05, 0) is 26.2 Å². The van der Waals surface area contributed by atoms with Crippen LogP contribution in [0.2, 0.25) is 0 Å². The summed E-state index contributed by atoms with van der Waals surface area (Å²) < 4.78 is 0. The Balaban J connectivity index is 3.91. The van der Waals surface area contributed by atoms with Crippen molar-refractivity contribution >= 4 is 11.9 Å². The molecule has 100 valence electrons. The van der Waals surface area contributed by atoms with Crippen LogP contribution in [0.3, 0.4) is 0 Å². The molecule has 1 amide bonds. The largest absolute Gasteiger partial charge is 0.480 e. The predicted octanol–water partition coefficient (Wildman–Crippen LogP) is 1.26. The normalized spacial score (nSPS) is 14.1. The highest BCUT2D eigenvalue weighted by Gasteiger charge is 2.18. The van der Waals surface area contributed by atoms with Crippen LogP contribution >= 0.6 is 0 Å². The van der Waals surface area contributed by atoms with E-state index >= 15 is 0 Å². The lowest BCUT2D eigenvalue weighted by atomic mass is 10.1. The minimum absolute atomic E-state index is 0.0816. The third-order valence-corrected chi connectivity index (χ3v) is 2.54. The Kier molecular flexibility index (Phi) is 8.40. The van der Waals surface area contributed by atoms with Gasteiger partial charge in [-0.1, -0.05) is 19.8 Å². The second-order valence-electron chi connectivity index (χ2n) is 4.47. The van der Waals surface area contributed by atoms with E-state index in [1.165, 1.54) is 0 Å². The van der Waals surface area contributed by atoms with Crippen molar-refractivity contribution in [1.82, 2.24) is 5.32 Å². The van der Waals surface area contributed by atoms with Gasteiger partial charge in [0, 0.05) is 12.5 Å². The molecule has 4 N–H and O–H groups in total. The van der Waals surface area contributed by atoms with E-state index in [9.17, 15) is 9.59 Å². The minimum atomic E-state index is -0.959. The maximum absolute atomic E-state index is 11.5. The molecular formula is C12H24N2O3. The molecule has 0 bridgehead atoms. The number of aliphatic carboxylic acids is 1. The van der Waals surface area contributed by atoms with Gasteiger partial charge in [0.25, 0.3) is 0 Å². The zero-order chi connectivity index (χ0) is 13.3. The number of nitrogens with two attached hydrogens (primary N) is 1. The van der Waals surface area contributed by atoms with Crippen LogP contribution in [0.25, 0.3) is 0 Å². The molecule has 0 aliphatic carbocycles. The lowest BCUT2D eigenvalue weighted by Gasteiger charge is -2.14. The first-order valence-corrected chi connectivity index (χ1v) is 6.25. The molecule has 0 rings (SSSR count). The van der Waals surface area contributed by atoms with Gasteiger partial charge < -0.3 is 16.2 Å². The third kappa shape index (κ3) is 8.68. The quantitative estimate of drug-likeness (QED) is 0.569. The second-order valence-corrected chi connectivity index (χ2v) is 4.47. The molecule has 0 heterocycles. The summed E-state index contributed by atoms with van der Waals surface area (Å²) in [7, 11) is 0. The maximum atomic E-state index is 11.5. The lowest BCUT2D eigenvalue weighted by molar-refractivity contribution is -0.142. The van der Waals surface area contributed by atoms with E-state index in [1.807, 2.05) is 13.8 Å². The van der Waals surface area contributed by atoms with Crippen LogP contribution < -0.4 is 11.1 Å². The summed E-state index contributed by atoms with van der Waals surface area (Å²) in [6.07, 6.45) is 4.04. The van der Waals surface area contributed by atoms with Crippen molar-refractivity contribution in [2.24, 2.45) is 5.73 Å². The van der Waals surface area contributed by atoms with E-state index in [2.05, 4.69) is 5.32 Å². The molecule has 0 aromatic heterocycles. The number of carbonyl (C=O) groups is 2. The SMILES string of the molecule is CCCC[C@H](NC(=O)CCCC(C)N)C(=O)O. The molecule has 5 nitrogen and oxygen atoms in total. The molecular weight excluding hydrogens is 220 g/mol. The van der Waals surface area contributed by atoms with Crippen LogP contribution in [0.1, 0.15) is 52.4 Å². The summed E-state index contributed by atoms with van der Waals surface area (Å²) in [6.45, 7) is 3.88. The van der Waals surface area contributed by atoms with Crippen LogP contribution in [0.4, 0.5) is 0 Å². The fourth-order valence-electron chi connectivity index (χ4n) is 1.52. The van der Waals surface area contributed by atoms with Gasteiger partial charge in [0.15, 0.2) is 0 Å². The smallest absolute Gasteiger partial charge is 0.326 e. The van der Waals surface area contributed by atoms with Crippen molar-refractivity contribution in [2.75, 3.05) is 0 Å². The number of carboxylic acid groups (broad SMARTS) is 1. The van der Waals surface area contributed by atoms with Gasteiger partial charge in [0.2, 0.25) is 5.91 Å². The number of nitrogens with one attached hydrogen (secondary N) is 1. The summed E-state index contributed by atoms with van der Waals surface area (Å²) in [5.41, 5.74) is 5.57. The van der Waals surface area contributed by atoms with E-state index < -0.39 is 12.0 Å². The van der Waals surface area contributed by atoms with E-state index in [4.69, 9.17) is 10.8 Å². The molecule has 0 fully saturated rings. The molecule has 0 saturated carbocycles. The molecule has 0 aromatic rings. The van der Waals surface area contributed by atoms with E-state index in [-0.39, 0.29) is 11.9 Å². The standard InChI is InChI=1S/C12H24N2O3/c1-3-4-7-10(12(16)17)14-11(15)8-5-6-9(2)13/h9-10H,3-8,13H2,1-2H3,(H,14,15)(H,16,17)/t9?,10-/m0/s1. The van der Waals surface area contributed by atoms with Crippen LogP contribution in [-0.4, -0.2) is 29.1 Å². The molecule has 0 aromatic carbocycles. The zero-order valence-corrected chi connectivity index (χ0v) is 10.7. The molecule has 1 unspecified atom stereocenters. The average molecular weight is 244 g/mol. The van der Waals surface area contributed by atoms with Gasteiger partial charge in [0.05, 0.1) is 0 Å². The highest BCUT2D eigenvalue weighted by atomic mass is 16.4. The third-order valence-electron chi connectivity index (χ3n) is 2.54. The van der Waals surface area contributed by atoms with E-state index in [0.29, 0.717) is 19.3 Å². The summed E-state index contributed by atoms with van der Waals surface area (Å²) in [6, 6.07) is -0.670. The number of carbonyl (C=O) groups excluding carboxylic acids is 1. The first kappa shape index (κ1) is 15.9. The number of amides is 1. The number of carboxylic acids is 1. The Labute approximate surface area is 103 Å². The highest BCUT2D eigenvalue weighted by molar-refractivity contribution is 5.83. The molecule has 0 aliphatic heterocycles. The van der Waals surface area contributed by atoms with E-state index in [0.717, 1.165) is 19.3 Å². The average Bonchev–Trinajstić information content (AvgIpc) is 2.23. The first-order chi connectivity index (χ1) is 7.97. The maximum Gasteiger partial charge on any atom is 0.326 e. The molecule has 5 heteroatoms. The Morgan fingerprint density at radius 3 is 2.41 bits per heavy atom. The van der Waals surface area contributed by atoms with Crippen molar-refractivity contribution in [1.29, 1.82) is 0 Å². The van der Waals surface area contributed by atoms with Crippen molar-refractivity contribution in [3.8, 4) is 0 Å². The van der Waals surface area contributed by atoms with Crippen LogP contribution in [-0.2, 0) is 9.59 Å². The fraction of sp³-hybridized carbons (Fsp3) is 0.833. The summed E-state index contributed by atoms with van der Waals surface area (Å²) in [5.74, 6) is -1.16. The van der Waals surface area contributed by atoms with Crippen LogP contribution in [0, 0.1) is 0 Å². The van der Waals surface area contributed by atoms with Gasteiger partial charge in [-0.15, -0.1) is 0 Å². The highest BCUT2D eigenvalue weighted by Crippen LogP contribution is 2.03. The molecule has 0 aliphatic rings. The van der Waals surface area contributed by atoms with Gasteiger partial charge in [-0.2, -0.15) is 0 Å². The molecule has 2 atom stereocenters. The second kappa shape index (κ2) is 8.98. The van der Waals surface area contributed by atoms with Gasteiger partial charge >= 0.3 is 5.97 Å². The van der Waals surface area contributed by atoms with E-state index in [1.54, 1.807) is 0 Å². The zero-order valence-electron chi connectivity index (χ0n) is 10.7. The van der Waals surface area contributed by atoms with Crippen molar-refractivity contribution in [3.63, 3.8) is 0 Å². The van der Waals surface area contributed by atoms with Crippen molar-refractivity contribution in [3.05, 3.63) is 0 Å². The Morgan fingerprint density at radius 1 is 1.29 bits per heavy atom. The van der Waals surface area contributed by atoms with Gasteiger partial charge in [0.1, 0.15) is 6.04 Å². The molecule has 0 saturated heterocycles. The topological polar surface area (TPSA) is 92.4 Å². The van der Waals surface area contributed by atoms with Crippen molar-refractivity contribution in [2.45, 2.75) is 64.5 Å². The molecule has 0 radical (unpaired) electrons. The molecule has 17 heavy (non-hydrogen) atoms.